The van der Waals surface area contributed by atoms with E-state index >= 15 is 0 Å². The van der Waals surface area contributed by atoms with Crippen LogP contribution in [0.4, 0.5) is 26.2 Å². The van der Waals surface area contributed by atoms with Crippen LogP contribution < -0.4 is 10.6 Å². The first-order valence-corrected chi connectivity index (χ1v) is 7.32. The van der Waals surface area contributed by atoms with E-state index in [1.54, 1.807) is 0 Å². The molecule has 0 aliphatic carbocycles. The van der Waals surface area contributed by atoms with E-state index < -0.39 is 11.6 Å². The first kappa shape index (κ1) is 15.8. The van der Waals surface area contributed by atoms with Crippen LogP contribution in [0.25, 0.3) is 0 Å². The summed E-state index contributed by atoms with van der Waals surface area (Å²) in [5.41, 5.74) is 1.94. The SMILES string of the molecule is Cc1cccc(CNc2cnnc(Nc3c(F)cccc3F)n2)c1. The van der Waals surface area contributed by atoms with Crippen molar-refractivity contribution < 1.29 is 8.78 Å². The van der Waals surface area contributed by atoms with Gasteiger partial charge in [-0.05, 0) is 24.6 Å². The number of para-hydroxylation sites is 1. The summed E-state index contributed by atoms with van der Waals surface area (Å²) in [5.74, 6) is -0.993. The third kappa shape index (κ3) is 3.81. The van der Waals surface area contributed by atoms with Gasteiger partial charge in [0.1, 0.15) is 17.3 Å². The van der Waals surface area contributed by atoms with Crippen molar-refractivity contribution in [1.29, 1.82) is 0 Å². The number of aromatic nitrogens is 3. The average molecular weight is 327 g/mol. The molecule has 5 nitrogen and oxygen atoms in total. The number of hydrogen-bond donors (Lipinski definition) is 2. The molecule has 0 unspecified atom stereocenters. The third-order valence-corrected chi connectivity index (χ3v) is 3.31. The van der Waals surface area contributed by atoms with Crippen LogP contribution in [-0.2, 0) is 6.54 Å². The molecule has 2 N–H and O–H groups in total. The molecule has 24 heavy (non-hydrogen) atoms. The van der Waals surface area contributed by atoms with Crippen molar-refractivity contribution in [2.45, 2.75) is 13.5 Å². The summed E-state index contributed by atoms with van der Waals surface area (Å²) in [6, 6.07) is 11.6. The average Bonchev–Trinajstić information content (AvgIpc) is 2.57. The van der Waals surface area contributed by atoms with Gasteiger partial charge in [-0.15, -0.1) is 5.10 Å². The van der Waals surface area contributed by atoms with Crippen molar-refractivity contribution in [2.75, 3.05) is 10.6 Å². The topological polar surface area (TPSA) is 62.7 Å². The predicted octanol–water partition coefficient (Wildman–Crippen LogP) is 3.81. The van der Waals surface area contributed by atoms with Gasteiger partial charge in [0.2, 0.25) is 5.95 Å². The van der Waals surface area contributed by atoms with Crippen molar-refractivity contribution in [1.82, 2.24) is 15.2 Å². The Morgan fingerprint density at radius 3 is 2.54 bits per heavy atom. The van der Waals surface area contributed by atoms with E-state index in [9.17, 15) is 8.78 Å². The van der Waals surface area contributed by atoms with E-state index in [0.717, 1.165) is 23.3 Å². The van der Waals surface area contributed by atoms with Crippen LogP contribution in [0.2, 0.25) is 0 Å². The van der Waals surface area contributed by atoms with Crippen molar-refractivity contribution in [3.8, 4) is 0 Å². The van der Waals surface area contributed by atoms with Gasteiger partial charge in [-0.3, -0.25) is 0 Å². The zero-order valence-electron chi connectivity index (χ0n) is 12.9. The monoisotopic (exact) mass is 327 g/mol. The fourth-order valence-electron chi connectivity index (χ4n) is 2.19. The standard InChI is InChI=1S/C17H15F2N5/c1-11-4-2-5-12(8-11)9-20-15-10-21-24-17(22-15)23-16-13(18)6-3-7-14(16)19/h2-8,10H,9H2,1H3,(H2,20,22,23,24). The van der Waals surface area contributed by atoms with Crippen LogP contribution in [-0.4, -0.2) is 15.2 Å². The number of nitrogens with one attached hydrogen (secondary N) is 2. The molecule has 1 heterocycles. The fourth-order valence-corrected chi connectivity index (χ4v) is 2.19. The summed E-state index contributed by atoms with van der Waals surface area (Å²) in [7, 11) is 0. The maximum absolute atomic E-state index is 13.6. The molecule has 7 heteroatoms. The molecule has 0 saturated heterocycles. The smallest absolute Gasteiger partial charge is 0.249 e. The van der Waals surface area contributed by atoms with E-state index in [1.165, 1.54) is 12.3 Å². The molecule has 0 fully saturated rings. The molecule has 0 saturated carbocycles. The maximum Gasteiger partial charge on any atom is 0.249 e. The molecular weight excluding hydrogens is 312 g/mol. The quantitative estimate of drug-likeness (QED) is 0.746. The molecule has 3 rings (SSSR count). The minimum Gasteiger partial charge on any atom is -0.365 e. The highest BCUT2D eigenvalue weighted by atomic mass is 19.1. The minimum absolute atomic E-state index is 0.00763. The molecule has 0 radical (unpaired) electrons. The van der Waals surface area contributed by atoms with Gasteiger partial charge >= 0.3 is 0 Å². The third-order valence-electron chi connectivity index (χ3n) is 3.31. The van der Waals surface area contributed by atoms with Gasteiger partial charge in [-0.25, -0.2) is 8.78 Å². The fraction of sp³-hybridized carbons (Fsp3) is 0.118. The molecule has 0 spiro atoms. The largest absolute Gasteiger partial charge is 0.365 e. The van der Waals surface area contributed by atoms with Gasteiger partial charge in [-0.2, -0.15) is 10.1 Å². The van der Waals surface area contributed by atoms with E-state index in [4.69, 9.17) is 0 Å². The van der Waals surface area contributed by atoms with Gasteiger partial charge < -0.3 is 10.6 Å². The molecular formula is C17H15F2N5. The number of hydrogen-bond acceptors (Lipinski definition) is 5. The molecule has 0 bridgehead atoms. The number of halogens is 2. The lowest BCUT2D eigenvalue weighted by atomic mass is 10.1. The molecule has 0 amide bonds. The molecule has 122 valence electrons. The van der Waals surface area contributed by atoms with Gasteiger partial charge in [-0.1, -0.05) is 35.9 Å². The highest BCUT2D eigenvalue weighted by Crippen LogP contribution is 2.21. The second kappa shape index (κ2) is 6.99. The van der Waals surface area contributed by atoms with Gasteiger partial charge in [0.15, 0.2) is 5.82 Å². The Balaban J connectivity index is 1.72. The van der Waals surface area contributed by atoms with Gasteiger partial charge in [0.05, 0.1) is 6.20 Å². The first-order chi connectivity index (χ1) is 11.6. The number of aryl methyl sites for hydroxylation is 1. The van der Waals surface area contributed by atoms with Crippen LogP contribution in [0.5, 0.6) is 0 Å². The summed E-state index contributed by atoms with van der Waals surface area (Å²) < 4.78 is 27.3. The first-order valence-electron chi connectivity index (χ1n) is 7.32. The molecule has 0 aliphatic heterocycles. The number of nitrogens with zero attached hydrogens (tertiary/aromatic N) is 3. The molecule has 1 aromatic heterocycles. The summed E-state index contributed by atoms with van der Waals surface area (Å²) in [4.78, 5) is 4.16. The Morgan fingerprint density at radius 1 is 1.04 bits per heavy atom. The van der Waals surface area contributed by atoms with Crippen molar-refractivity contribution >= 4 is 17.5 Å². The van der Waals surface area contributed by atoms with E-state index in [2.05, 4.69) is 31.9 Å². The summed E-state index contributed by atoms with van der Waals surface area (Å²) in [5, 5.41) is 13.1. The summed E-state index contributed by atoms with van der Waals surface area (Å²) in [6.07, 6.45) is 1.44. The molecule has 2 aromatic carbocycles. The second-order valence-electron chi connectivity index (χ2n) is 5.23. The Bertz CT molecular complexity index is 834. The lowest BCUT2D eigenvalue weighted by Gasteiger charge is -2.09. The van der Waals surface area contributed by atoms with Crippen LogP contribution >= 0.6 is 0 Å². The van der Waals surface area contributed by atoms with E-state index in [1.807, 2.05) is 25.1 Å². The van der Waals surface area contributed by atoms with Crippen LogP contribution in [0, 0.1) is 18.6 Å². The minimum atomic E-state index is -0.725. The van der Waals surface area contributed by atoms with Crippen LogP contribution in [0.3, 0.4) is 0 Å². The van der Waals surface area contributed by atoms with Crippen molar-refractivity contribution in [3.05, 3.63) is 71.4 Å². The Labute approximate surface area is 137 Å². The highest BCUT2D eigenvalue weighted by Gasteiger charge is 2.10. The zero-order chi connectivity index (χ0) is 16.9. The van der Waals surface area contributed by atoms with E-state index in [0.29, 0.717) is 12.4 Å². The highest BCUT2D eigenvalue weighted by molar-refractivity contribution is 5.55. The molecule has 0 atom stereocenters. The van der Waals surface area contributed by atoms with Crippen LogP contribution in [0.1, 0.15) is 11.1 Å². The maximum atomic E-state index is 13.6. The molecule has 0 aliphatic rings. The van der Waals surface area contributed by atoms with E-state index in [-0.39, 0.29) is 11.6 Å². The van der Waals surface area contributed by atoms with Crippen molar-refractivity contribution in [2.24, 2.45) is 0 Å². The zero-order valence-corrected chi connectivity index (χ0v) is 12.9. The summed E-state index contributed by atoms with van der Waals surface area (Å²) in [6.45, 7) is 2.56. The lowest BCUT2D eigenvalue weighted by molar-refractivity contribution is 0.590. The Kier molecular flexibility index (Phi) is 4.60. The second-order valence-corrected chi connectivity index (χ2v) is 5.23. The number of rotatable bonds is 5. The summed E-state index contributed by atoms with van der Waals surface area (Å²) >= 11 is 0. The van der Waals surface area contributed by atoms with Gasteiger partial charge in [0, 0.05) is 6.54 Å². The molecule has 3 aromatic rings. The Morgan fingerprint density at radius 2 is 1.79 bits per heavy atom. The lowest BCUT2D eigenvalue weighted by Crippen LogP contribution is -2.07. The normalized spacial score (nSPS) is 10.5. The number of benzene rings is 2. The predicted molar refractivity (Wildman–Crippen MR) is 88.0 cm³/mol. The Hall–Kier alpha value is -3.09. The number of anilines is 3. The van der Waals surface area contributed by atoms with Gasteiger partial charge in [0.25, 0.3) is 0 Å². The van der Waals surface area contributed by atoms with Crippen LogP contribution in [0.15, 0.2) is 48.7 Å². The van der Waals surface area contributed by atoms with Crippen molar-refractivity contribution in [3.63, 3.8) is 0 Å².